The Bertz CT molecular complexity index is 207. The van der Waals surface area contributed by atoms with Gasteiger partial charge < -0.3 is 0 Å². The van der Waals surface area contributed by atoms with Crippen molar-refractivity contribution < 1.29 is 0 Å². The van der Waals surface area contributed by atoms with Gasteiger partial charge in [-0.05, 0) is 13.3 Å². The highest BCUT2D eigenvalue weighted by Crippen LogP contribution is 2.34. The molecule has 1 aromatic heterocycles. The minimum atomic E-state index is 1.22. The van der Waals surface area contributed by atoms with Crippen molar-refractivity contribution >= 4 is 23.1 Å². The van der Waals surface area contributed by atoms with Crippen molar-refractivity contribution in [3.63, 3.8) is 0 Å². The van der Waals surface area contributed by atoms with Gasteiger partial charge in [-0.25, -0.2) is 4.98 Å². The monoisotopic (exact) mass is 157 g/mol. The number of hydrogen-bond acceptors (Lipinski definition) is 3. The number of nitrogens with zero attached hydrogens (tertiary/aromatic N) is 1. The predicted molar refractivity (Wildman–Crippen MR) is 41.3 cm³/mol. The summed E-state index contributed by atoms with van der Waals surface area (Å²) in [4.78, 5) is 5.87. The molecule has 1 nitrogen and oxygen atoms in total. The lowest BCUT2D eigenvalue weighted by Crippen LogP contribution is -1.70. The molecule has 0 amide bonds. The molecule has 1 aliphatic heterocycles. The van der Waals surface area contributed by atoms with Crippen LogP contribution in [0.25, 0.3) is 0 Å². The number of fused-ring (bicyclic) bond motifs is 1. The van der Waals surface area contributed by atoms with Crippen LogP contribution in [-0.2, 0) is 6.42 Å². The normalized spacial score (nSPS) is 16.1. The Hall–Kier alpha value is -0.0200. The van der Waals surface area contributed by atoms with Crippen LogP contribution >= 0.6 is 23.1 Å². The van der Waals surface area contributed by atoms with Crippen molar-refractivity contribution in [1.82, 2.24) is 4.98 Å². The van der Waals surface area contributed by atoms with Crippen molar-refractivity contribution in [3.05, 3.63) is 9.88 Å². The lowest BCUT2D eigenvalue weighted by molar-refractivity contribution is 1.10. The molecule has 0 fully saturated rings. The molecule has 0 N–H and O–H groups in total. The zero-order valence-electron chi connectivity index (χ0n) is 5.18. The molecule has 0 saturated heterocycles. The third-order valence-corrected chi connectivity index (χ3v) is 3.52. The lowest BCUT2D eigenvalue weighted by Gasteiger charge is -1.80. The van der Waals surface area contributed by atoms with E-state index in [1.54, 1.807) is 0 Å². The van der Waals surface area contributed by atoms with Gasteiger partial charge in [0.1, 0.15) is 5.03 Å². The van der Waals surface area contributed by atoms with E-state index in [2.05, 4.69) is 11.9 Å². The van der Waals surface area contributed by atoms with Crippen molar-refractivity contribution in [1.29, 1.82) is 0 Å². The summed E-state index contributed by atoms with van der Waals surface area (Å²) < 4.78 is 0. The van der Waals surface area contributed by atoms with Gasteiger partial charge >= 0.3 is 0 Å². The second-order valence-corrected chi connectivity index (χ2v) is 4.43. The first-order chi connectivity index (χ1) is 4.36. The van der Waals surface area contributed by atoms with E-state index in [1.807, 2.05) is 23.1 Å². The number of thioether (sulfide) groups is 1. The van der Waals surface area contributed by atoms with Crippen LogP contribution < -0.4 is 0 Å². The van der Waals surface area contributed by atoms with Crippen molar-refractivity contribution in [2.24, 2.45) is 0 Å². The molecule has 0 radical (unpaired) electrons. The maximum absolute atomic E-state index is 4.37. The summed E-state index contributed by atoms with van der Waals surface area (Å²) in [7, 11) is 0. The second kappa shape index (κ2) is 1.99. The van der Waals surface area contributed by atoms with Gasteiger partial charge in [-0.3, -0.25) is 0 Å². The Morgan fingerprint density at radius 1 is 1.56 bits per heavy atom. The van der Waals surface area contributed by atoms with Crippen LogP contribution in [0.5, 0.6) is 0 Å². The first kappa shape index (κ1) is 5.74. The molecule has 2 heterocycles. The van der Waals surface area contributed by atoms with Crippen LogP contribution in [0, 0.1) is 6.92 Å². The lowest BCUT2D eigenvalue weighted by atomic mass is 10.4. The van der Waals surface area contributed by atoms with E-state index in [0.717, 1.165) is 0 Å². The van der Waals surface area contributed by atoms with Crippen LogP contribution in [0.15, 0.2) is 5.03 Å². The minimum Gasteiger partial charge on any atom is -0.235 e. The van der Waals surface area contributed by atoms with Gasteiger partial charge in [-0.2, -0.15) is 0 Å². The molecule has 0 spiro atoms. The maximum Gasteiger partial charge on any atom is 0.110 e. The van der Waals surface area contributed by atoms with Gasteiger partial charge in [0, 0.05) is 10.6 Å². The van der Waals surface area contributed by atoms with Gasteiger partial charge in [0.25, 0.3) is 0 Å². The quantitative estimate of drug-likeness (QED) is 0.572. The number of aromatic nitrogens is 1. The highest BCUT2D eigenvalue weighted by atomic mass is 32.2. The first-order valence-corrected chi connectivity index (χ1v) is 4.75. The van der Waals surface area contributed by atoms with Gasteiger partial charge in [0.15, 0.2) is 0 Å². The minimum absolute atomic E-state index is 1.22. The van der Waals surface area contributed by atoms with E-state index in [1.165, 1.54) is 27.1 Å². The molecule has 0 saturated carbocycles. The number of thiazole rings is 1. The molecule has 3 heteroatoms. The molecule has 1 aliphatic rings. The summed E-state index contributed by atoms with van der Waals surface area (Å²) in [5, 5.41) is 2.50. The summed E-state index contributed by atoms with van der Waals surface area (Å²) in [5.74, 6) is 1.24. The van der Waals surface area contributed by atoms with Gasteiger partial charge in [0.2, 0.25) is 0 Å². The summed E-state index contributed by atoms with van der Waals surface area (Å²) in [6.07, 6.45) is 1.24. The second-order valence-electron chi connectivity index (χ2n) is 2.06. The van der Waals surface area contributed by atoms with Crippen LogP contribution in [0.3, 0.4) is 0 Å². The fourth-order valence-electron chi connectivity index (χ4n) is 0.961. The van der Waals surface area contributed by atoms with Crippen molar-refractivity contribution in [3.8, 4) is 0 Å². The molecule has 0 bridgehead atoms. The van der Waals surface area contributed by atoms with Crippen molar-refractivity contribution in [2.45, 2.75) is 18.4 Å². The molecule has 0 atom stereocenters. The largest absolute Gasteiger partial charge is 0.235 e. The molecule has 2 rings (SSSR count). The third kappa shape index (κ3) is 0.883. The Morgan fingerprint density at radius 3 is 3.22 bits per heavy atom. The van der Waals surface area contributed by atoms with Crippen LogP contribution in [0.2, 0.25) is 0 Å². The predicted octanol–water partition coefficient (Wildman–Crippen LogP) is 2.10. The Balaban J connectivity index is 2.51. The van der Waals surface area contributed by atoms with E-state index < -0.39 is 0 Å². The first-order valence-electron chi connectivity index (χ1n) is 2.95. The highest BCUT2D eigenvalue weighted by Gasteiger charge is 2.14. The Labute approximate surface area is 62.5 Å². The molecule has 9 heavy (non-hydrogen) atoms. The number of hydrogen-bond donors (Lipinski definition) is 0. The Kier molecular flexibility index (Phi) is 1.27. The standard InChI is InChI=1S/C6H7NS2/c1-4-7-6-5(9-4)2-3-8-6/h2-3H2,1H3. The summed E-state index contributed by atoms with van der Waals surface area (Å²) in [5.41, 5.74) is 0. The van der Waals surface area contributed by atoms with Crippen LogP contribution in [0.1, 0.15) is 9.88 Å². The van der Waals surface area contributed by atoms with E-state index in [0.29, 0.717) is 0 Å². The molecular weight excluding hydrogens is 150 g/mol. The Morgan fingerprint density at radius 2 is 2.44 bits per heavy atom. The summed E-state index contributed by atoms with van der Waals surface area (Å²) >= 11 is 3.73. The molecule has 1 aromatic rings. The van der Waals surface area contributed by atoms with E-state index in [9.17, 15) is 0 Å². The van der Waals surface area contributed by atoms with E-state index >= 15 is 0 Å². The smallest absolute Gasteiger partial charge is 0.110 e. The molecule has 0 aromatic carbocycles. The van der Waals surface area contributed by atoms with Crippen LogP contribution in [-0.4, -0.2) is 10.7 Å². The molecule has 48 valence electrons. The molecular formula is C6H7NS2. The SMILES string of the molecule is Cc1nc2c(s1)CCS2. The summed E-state index contributed by atoms with van der Waals surface area (Å²) in [6.45, 7) is 2.07. The van der Waals surface area contributed by atoms with Gasteiger partial charge in [-0.1, -0.05) is 0 Å². The zero-order valence-corrected chi connectivity index (χ0v) is 6.81. The summed E-state index contributed by atoms with van der Waals surface area (Å²) in [6, 6.07) is 0. The van der Waals surface area contributed by atoms with E-state index in [4.69, 9.17) is 0 Å². The van der Waals surface area contributed by atoms with Gasteiger partial charge in [0.05, 0.1) is 5.01 Å². The highest BCUT2D eigenvalue weighted by molar-refractivity contribution is 7.99. The maximum atomic E-state index is 4.37. The number of aryl methyl sites for hydroxylation is 2. The average Bonchev–Trinajstić information content (AvgIpc) is 2.22. The topological polar surface area (TPSA) is 12.9 Å². The fraction of sp³-hybridized carbons (Fsp3) is 0.500. The number of rotatable bonds is 0. The van der Waals surface area contributed by atoms with Gasteiger partial charge in [-0.15, -0.1) is 23.1 Å². The van der Waals surface area contributed by atoms with Crippen LogP contribution in [0.4, 0.5) is 0 Å². The molecule has 0 aliphatic carbocycles. The average molecular weight is 157 g/mol. The van der Waals surface area contributed by atoms with E-state index in [-0.39, 0.29) is 0 Å². The van der Waals surface area contributed by atoms with Crippen molar-refractivity contribution in [2.75, 3.05) is 5.75 Å². The fourth-order valence-corrected chi connectivity index (χ4v) is 3.24. The zero-order chi connectivity index (χ0) is 6.27. The molecule has 0 unspecified atom stereocenters. The third-order valence-electron chi connectivity index (χ3n) is 1.34.